The van der Waals surface area contributed by atoms with Crippen LogP contribution in [-0.2, 0) is 0 Å². The van der Waals surface area contributed by atoms with Gasteiger partial charge in [-0.1, -0.05) is 11.6 Å². The second-order valence-electron chi connectivity index (χ2n) is 5.64. The van der Waals surface area contributed by atoms with Crippen LogP contribution in [0.15, 0.2) is 18.2 Å². The molecule has 3 rings (SSSR count). The quantitative estimate of drug-likeness (QED) is 0.914. The lowest BCUT2D eigenvalue weighted by Gasteiger charge is -2.16. The zero-order valence-corrected chi connectivity index (χ0v) is 13.3. The van der Waals surface area contributed by atoms with Crippen LogP contribution in [0.5, 0.6) is 0 Å². The van der Waals surface area contributed by atoms with E-state index in [0.717, 1.165) is 17.8 Å². The van der Waals surface area contributed by atoms with E-state index in [-0.39, 0.29) is 17.6 Å². The summed E-state index contributed by atoms with van der Waals surface area (Å²) in [5, 5.41) is 4.73. The maximum atomic E-state index is 12.6. The monoisotopic (exact) mass is 319 g/mol. The number of pyridine rings is 1. The molecule has 1 aliphatic heterocycles. The molecule has 0 saturated carbocycles. The molecule has 7 heteroatoms. The van der Waals surface area contributed by atoms with Gasteiger partial charge in [-0.05, 0) is 38.5 Å². The van der Waals surface area contributed by atoms with Gasteiger partial charge in [0.1, 0.15) is 5.69 Å². The highest BCUT2D eigenvalue weighted by molar-refractivity contribution is 6.33. The highest BCUT2D eigenvalue weighted by atomic mass is 35.5. The van der Waals surface area contributed by atoms with Crippen molar-refractivity contribution in [1.29, 1.82) is 0 Å². The van der Waals surface area contributed by atoms with Gasteiger partial charge in [-0.15, -0.1) is 0 Å². The fourth-order valence-electron chi connectivity index (χ4n) is 2.68. The lowest BCUT2D eigenvalue weighted by molar-refractivity contribution is 0.0785. The van der Waals surface area contributed by atoms with Crippen LogP contribution in [0, 0.1) is 13.8 Å². The van der Waals surface area contributed by atoms with Crippen molar-refractivity contribution < 1.29 is 4.79 Å². The van der Waals surface area contributed by atoms with Gasteiger partial charge < -0.3 is 10.6 Å². The Bertz CT molecular complexity index is 727. The minimum Gasteiger partial charge on any atom is -0.336 e. The number of nitrogens with two attached hydrogens (primary N) is 1. The molecule has 1 amide bonds. The van der Waals surface area contributed by atoms with Gasteiger partial charge in [0.2, 0.25) is 0 Å². The molecule has 2 aromatic heterocycles. The molecule has 116 valence electrons. The van der Waals surface area contributed by atoms with Gasteiger partial charge in [0.25, 0.3) is 5.91 Å². The van der Waals surface area contributed by atoms with E-state index < -0.39 is 0 Å². The largest absolute Gasteiger partial charge is 0.336 e. The average Bonchev–Trinajstić information content (AvgIpc) is 3.04. The predicted molar refractivity (Wildman–Crippen MR) is 84.3 cm³/mol. The van der Waals surface area contributed by atoms with Gasteiger partial charge in [0, 0.05) is 24.8 Å². The summed E-state index contributed by atoms with van der Waals surface area (Å²) in [7, 11) is 0. The lowest BCUT2D eigenvalue weighted by Crippen LogP contribution is -2.32. The number of carbonyl (C=O) groups is 1. The van der Waals surface area contributed by atoms with Gasteiger partial charge in [0.15, 0.2) is 5.82 Å². The molecule has 0 unspecified atom stereocenters. The maximum Gasteiger partial charge on any atom is 0.274 e. The summed E-state index contributed by atoms with van der Waals surface area (Å²) in [6, 6.07) is 5.43. The first kappa shape index (κ1) is 15.0. The van der Waals surface area contributed by atoms with Crippen LogP contribution >= 0.6 is 11.6 Å². The van der Waals surface area contributed by atoms with E-state index in [9.17, 15) is 4.79 Å². The summed E-state index contributed by atoms with van der Waals surface area (Å²) >= 11 is 6.17. The first-order valence-electron chi connectivity index (χ1n) is 7.21. The second kappa shape index (κ2) is 5.70. The van der Waals surface area contributed by atoms with Crippen molar-refractivity contribution in [3.63, 3.8) is 0 Å². The molecule has 0 radical (unpaired) electrons. The third-order valence-corrected chi connectivity index (χ3v) is 4.08. The highest BCUT2D eigenvalue weighted by Gasteiger charge is 2.27. The molecule has 0 aliphatic carbocycles. The third-order valence-electron chi connectivity index (χ3n) is 3.77. The normalized spacial score (nSPS) is 18.0. The Kier molecular flexibility index (Phi) is 3.88. The third kappa shape index (κ3) is 2.71. The van der Waals surface area contributed by atoms with Crippen LogP contribution < -0.4 is 5.73 Å². The molecule has 0 bridgehead atoms. The Labute approximate surface area is 133 Å². The van der Waals surface area contributed by atoms with Crippen LogP contribution in [0.3, 0.4) is 0 Å². The van der Waals surface area contributed by atoms with E-state index in [4.69, 9.17) is 17.3 Å². The SMILES string of the molecule is Cc1cc(C)n(-c2ccc(Cl)c(C(=O)N3CC[C@@H](N)C3)n2)n1. The zero-order valence-electron chi connectivity index (χ0n) is 12.6. The van der Waals surface area contributed by atoms with E-state index >= 15 is 0 Å². The van der Waals surface area contributed by atoms with Crippen LogP contribution in [-0.4, -0.2) is 44.7 Å². The summed E-state index contributed by atoms with van der Waals surface area (Å²) in [6.45, 7) is 5.04. The van der Waals surface area contributed by atoms with Crippen molar-refractivity contribution in [3.8, 4) is 5.82 Å². The Morgan fingerprint density at radius 2 is 2.18 bits per heavy atom. The summed E-state index contributed by atoms with van der Waals surface area (Å²) in [4.78, 5) is 18.7. The summed E-state index contributed by atoms with van der Waals surface area (Å²) in [6.07, 6.45) is 0.806. The molecule has 1 saturated heterocycles. The fraction of sp³-hybridized carbons (Fsp3) is 0.400. The number of hydrogen-bond donors (Lipinski definition) is 1. The Morgan fingerprint density at radius 3 is 2.77 bits per heavy atom. The molecule has 2 aromatic rings. The highest BCUT2D eigenvalue weighted by Crippen LogP contribution is 2.21. The topological polar surface area (TPSA) is 77.0 Å². The smallest absolute Gasteiger partial charge is 0.274 e. The maximum absolute atomic E-state index is 12.6. The number of nitrogens with zero attached hydrogens (tertiary/aromatic N) is 4. The van der Waals surface area contributed by atoms with E-state index in [0.29, 0.717) is 23.9 Å². The number of aryl methyl sites for hydroxylation is 2. The molecule has 0 spiro atoms. The molecule has 1 aliphatic rings. The molecule has 2 N–H and O–H groups in total. The van der Waals surface area contributed by atoms with Crippen LogP contribution in [0.25, 0.3) is 5.82 Å². The van der Waals surface area contributed by atoms with Gasteiger partial charge in [-0.25, -0.2) is 9.67 Å². The summed E-state index contributed by atoms with van der Waals surface area (Å²) in [5.74, 6) is 0.406. The number of rotatable bonds is 2. The fourth-order valence-corrected chi connectivity index (χ4v) is 2.87. The predicted octanol–water partition coefficient (Wildman–Crippen LogP) is 1.71. The first-order valence-corrected chi connectivity index (χ1v) is 7.58. The number of amides is 1. The lowest BCUT2D eigenvalue weighted by atomic mass is 10.3. The van der Waals surface area contributed by atoms with Crippen molar-refractivity contribution in [1.82, 2.24) is 19.7 Å². The van der Waals surface area contributed by atoms with Crippen LogP contribution in [0.4, 0.5) is 0 Å². The van der Waals surface area contributed by atoms with Crippen molar-refractivity contribution in [3.05, 3.63) is 40.3 Å². The Hall–Kier alpha value is -1.92. The molecule has 3 heterocycles. The van der Waals surface area contributed by atoms with Gasteiger partial charge in [0.05, 0.1) is 10.7 Å². The molecule has 6 nitrogen and oxygen atoms in total. The van der Waals surface area contributed by atoms with Crippen molar-refractivity contribution >= 4 is 17.5 Å². The molecule has 1 atom stereocenters. The number of carbonyl (C=O) groups excluding carboxylic acids is 1. The zero-order chi connectivity index (χ0) is 15.9. The van der Waals surface area contributed by atoms with Gasteiger partial charge >= 0.3 is 0 Å². The minimum atomic E-state index is -0.179. The Balaban J connectivity index is 1.96. The van der Waals surface area contributed by atoms with Crippen LogP contribution in [0.2, 0.25) is 5.02 Å². The molecule has 1 fully saturated rings. The average molecular weight is 320 g/mol. The molecular weight excluding hydrogens is 302 g/mol. The van der Waals surface area contributed by atoms with Crippen molar-refractivity contribution in [2.45, 2.75) is 26.3 Å². The van der Waals surface area contributed by atoms with Gasteiger partial charge in [-0.2, -0.15) is 5.10 Å². The number of hydrogen-bond acceptors (Lipinski definition) is 4. The van der Waals surface area contributed by atoms with Crippen LogP contribution in [0.1, 0.15) is 28.3 Å². The van der Waals surface area contributed by atoms with E-state index in [2.05, 4.69) is 10.1 Å². The Morgan fingerprint density at radius 1 is 1.41 bits per heavy atom. The molecular formula is C15H18ClN5O. The first-order chi connectivity index (χ1) is 10.5. The molecule has 22 heavy (non-hydrogen) atoms. The minimum absolute atomic E-state index is 0.0296. The van der Waals surface area contributed by atoms with E-state index in [1.165, 1.54) is 0 Å². The second-order valence-corrected chi connectivity index (χ2v) is 6.05. The number of likely N-dealkylation sites (tertiary alicyclic amines) is 1. The number of halogens is 1. The van der Waals surface area contributed by atoms with Crippen molar-refractivity contribution in [2.75, 3.05) is 13.1 Å². The summed E-state index contributed by atoms with van der Waals surface area (Å²) in [5.41, 5.74) is 7.96. The standard InChI is InChI=1S/C15H18ClN5O/c1-9-7-10(2)21(19-9)13-4-3-12(16)14(18-13)15(22)20-6-5-11(17)8-20/h3-4,7,11H,5-6,8,17H2,1-2H3/t11-/m1/s1. The van der Waals surface area contributed by atoms with Crippen molar-refractivity contribution in [2.24, 2.45) is 5.73 Å². The molecule has 0 aromatic carbocycles. The number of aromatic nitrogens is 3. The van der Waals surface area contributed by atoms with Gasteiger partial charge in [-0.3, -0.25) is 4.79 Å². The van der Waals surface area contributed by atoms with E-state index in [1.54, 1.807) is 21.7 Å². The van der Waals surface area contributed by atoms with E-state index in [1.807, 2.05) is 19.9 Å². The summed E-state index contributed by atoms with van der Waals surface area (Å²) < 4.78 is 1.71.